The Bertz CT molecular complexity index is 590. The third-order valence-electron chi connectivity index (χ3n) is 4.06. The number of hydrogen-bond acceptors (Lipinski definition) is 2. The van der Waals surface area contributed by atoms with Crippen molar-refractivity contribution < 1.29 is 9.84 Å². The lowest BCUT2D eigenvalue weighted by Gasteiger charge is -2.17. The second-order valence-corrected chi connectivity index (χ2v) is 5.69. The standard InChI is InChI=1S/C19H24O2/c1-14-8-9-16(10-15(14)2)11-17(13-20)12-18-6-4-5-7-19(18)21-3/h4-10,17,20H,11-13H2,1-3H3. The Balaban J connectivity index is 2.11. The van der Waals surface area contributed by atoms with E-state index < -0.39 is 0 Å². The van der Waals surface area contributed by atoms with Crippen LogP contribution in [0.3, 0.4) is 0 Å². The number of benzene rings is 2. The molecule has 0 aromatic heterocycles. The van der Waals surface area contributed by atoms with Crippen molar-refractivity contribution in [2.45, 2.75) is 26.7 Å². The molecule has 1 unspecified atom stereocenters. The average Bonchev–Trinajstić information content (AvgIpc) is 2.50. The Morgan fingerprint density at radius 2 is 1.76 bits per heavy atom. The summed E-state index contributed by atoms with van der Waals surface area (Å²) in [5, 5.41) is 9.70. The van der Waals surface area contributed by atoms with Crippen LogP contribution in [0.15, 0.2) is 42.5 Å². The highest BCUT2D eigenvalue weighted by atomic mass is 16.5. The van der Waals surface area contributed by atoms with Gasteiger partial charge in [-0.1, -0.05) is 36.4 Å². The highest BCUT2D eigenvalue weighted by molar-refractivity contribution is 5.34. The first-order chi connectivity index (χ1) is 10.1. The van der Waals surface area contributed by atoms with E-state index in [0.29, 0.717) is 0 Å². The molecule has 0 bridgehead atoms. The fourth-order valence-electron chi connectivity index (χ4n) is 2.65. The van der Waals surface area contributed by atoms with Gasteiger partial charge in [-0.2, -0.15) is 0 Å². The summed E-state index contributed by atoms with van der Waals surface area (Å²) in [5.41, 5.74) is 5.06. The van der Waals surface area contributed by atoms with Gasteiger partial charge in [0.1, 0.15) is 5.75 Å². The molecule has 2 nitrogen and oxygen atoms in total. The molecule has 2 heteroatoms. The summed E-state index contributed by atoms with van der Waals surface area (Å²) >= 11 is 0. The molecule has 112 valence electrons. The molecular weight excluding hydrogens is 260 g/mol. The van der Waals surface area contributed by atoms with Crippen LogP contribution in [0.25, 0.3) is 0 Å². The highest BCUT2D eigenvalue weighted by Crippen LogP contribution is 2.23. The molecular formula is C19H24O2. The van der Waals surface area contributed by atoms with Gasteiger partial charge in [-0.15, -0.1) is 0 Å². The maximum atomic E-state index is 9.70. The first kappa shape index (κ1) is 15.6. The van der Waals surface area contributed by atoms with Gasteiger partial charge in [-0.25, -0.2) is 0 Å². The molecule has 1 N–H and O–H groups in total. The molecule has 0 aliphatic carbocycles. The maximum absolute atomic E-state index is 9.70. The molecule has 2 aromatic carbocycles. The third-order valence-corrected chi connectivity index (χ3v) is 4.06. The number of aliphatic hydroxyl groups excluding tert-OH is 1. The number of methoxy groups -OCH3 is 1. The maximum Gasteiger partial charge on any atom is 0.122 e. The predicted octanol–water partition coefficient (Wildman–Crippen LogP) is 3.71. The van der Waals surface area contributed by atoms with Crippen molar-refractivity contribution >= 4 is 0 Å². The van der Waals surface area contributed by atoms with E-state index in [2.05, 4.69) is 38.1 Å². The van der Waals surface area contributed by atoms with Crippen LogP contribution in [0.5, 0.6) is 5.75 Å². The SMILES string of the molecule is COc1ccccc1CC(CO)Cc1ccc(C)c(C)c1. The Morgan fingerprint density at radius 1 is 1.00 bits per heavy atom. The first-order valence-corrected chi connectivity index (χ1v) is 7.43. The minimum atomic E-state index is 0.185. The zero-order chi connectivity index (χ0) is 15.2. The minimum absolute atomic E-state index is 0.185. The molecule has 0 radical (unpaired) electrons. The van der Waals surface area contributed by atoms with E-state index in [1.807, 2.05) is 18.2 Å². The summed E-state index contributed by atoms with van der Waals surface area (Å²) in [6.07, 6.45) is 1.71. The lowest BCUT2D eigenvalue weighted by Crippen LogP contribution is -2.13. The summed E-state index contributed by atoms with van der Waals surface area (Å²) in [6, 6.07) is 14.6. The summed E-state index contributed by atoms with van der Waals surface area (Å²) < 4.78 is 5.39. The van der Waals surface area contributed by atoms with Gasteiger partial charge < -0.3 is 9.84 Å². The van der Waals surface area contributed by atoms with Gasteiger partial charge in [0.25, 0.3) is 0 Å². The van der Waals surface area contributed by atoms with Gasteiger partial charge in [0.2, 0.25) is 0 Å². The molecule has 0 saturated heterocycles. The van der Waals surface area contributed by atoms with Crippen molar-refractivity contribution in [3.63, 3.8) is 0 Å². The van der Waals surface area contributed by atoms with Gasteiger partial charge in [-0.3, -0.25) is 0 Å². The van der Waals surface area contributed by atoms with Gasteiger partial charge in [0.05, 0.1) is 7.11 Å². The van der Waals surface area contributed by atoms with Crippen LogP contribution in [0.2, 0.25) is 0 Å². The molecule has 0 amide bonds. The van der Waals surface area contributed by atoms with E-state index >= 15 is 0 Å². The van der Waals surface area contributed by atoms with Crippen LogP contribution in [-0.4, -0.2) is 18.8 Å². The van der Waals surface area contributed by atoms with Crippen LogP contribution in [-0.2, 0) is 12.8 Å². The van der Waals surface area contributed by atoms with Crippen LogP contribution in [0.4, 0.5) is 0 Å². The normalized spacial score (nSPS) is 12.2. The van der Waals surface area contributed by atoms with Crippen molar-refractivity contribution in [2.75, 3.05) is 13.7 Å². The van der Waals surface area contributed by atoms with E-state index in [-0.39, 0.29) is 12.5 Å². The molecule has 2 aromatic rings. The van der Waals surface area contributed by atoms with Crippen molar-refractivity contribution in [1.29, 1.82) is 0 Å². The molecule has 0 heterocycles. The second kappa shape index (κ2) is 7.28. The Kier molecular flexibility index (Phi) is 5.40. The van der Waals surface area contributed by atoms with Gasteiger partial charge in [0.15, 0.2) is 0 Å². The molecule has 0 spiro atoms. The lowest BCUT2D eigenvalue weighted by atomic mass is 9.91. The quantitative estimate of drug-likeness (QED) is 0.876. The van der Waals surface area contributed by atoms with E-state index in [4.69, 9.17) is 4.74 Å². The zero-order valence-corrected chi connectivity index (χ0v) is 13.1. The zero-order valence-electron chi connectivity index (χ0n) is 13.1. The first-order valence-electron chi connectivity index (χ1n) is 7.43. The van der Waals surface area contributed by atoms with E-state index in [1.165, 1.54) is 16.7 Å². The van der Waals surface area contributed by atoms with Crippen LogP contribution < -0.4 is 4.74 Å². The predicted molar refractivity (Wildman–Crippen MR) is 86.9 cm³/mol. The largest absolute Gasteiger partial charge is 0.496 e. The fourth-order valence-corrected chi connectivity index (χ4v) is 2.65. The lowest BCUT2D eigenvalue weighted by molar-refractivity contribution is 0.224. The van der Waals surface area contributed by atoms with Crippen LogP contribution in [0.1, 0.15) is 22.3 Å². The third kappa shape index (κ3) is 4.08. The molecule has 2 rings (SSSR count). The molecule has 0 aliphatic rings. The van der Waals surface area contributed by atoms with Crippen LogP contribution in [0, 0.1) is 19.8 Å². The summed E-state index contributed by atoms with van der Waals surface area (Å²) in [4.78, 5) is 0. The number of aliphatic hydroxyl groups is 1. The summed E-state index contributed by atoms with van der Waals surface area (Å²) in [7, 11) is 1.69. The number of para-hydroxylation sites is 1. The monoisotopic (exact) mass is 284 g/mol. The summed E-state index contributed by atoms with van der Waals surface area (Å²) in [5.74, 6) is 1.11. The number of rotatable bonds is 6. The molecule has 0 fully saturated rings. The van der Waals surface area contributed by atoms with Crippen molar-refractivity contribution in [3.8, 4) is 5.75 Å². The second-order valence-electron chi connectivity index (χ2n) is 5.69. The fraction of sp³-hybridized carbons (Fsp3) is 0.368. The minimum Gasteiger partial charge on any atom is -0.496 e. The van der Waals surface area contributed by atoms with E-state index in [1.54, 1.807) is 7.11 Å². The van der Waals surface area contributed by atoms with Crippen molar-refractivity contribution in [1.82, 2.24) is 0 Å². The highest BCUT2D eigenvalue weighted by Gasteiger charge is 2.13. The Labute approximate surface area is 127 Å². The van der Waals surface area contributed by atoms with E-state index in [0.717, 1.165) is 24.2 Å². The van der Waals surface area contributed by atoms with Crippen molar-refractivity contribution in [3.05, 3.63) is 64.7 Å². The van der Waals surface area contributed by atoms with Crippen LogP contribution >= 0.6 is 0 Å². The number of aryl methyl sites for hydroxylation is 2. The van der Waals surface area contributed by atoms with E-state index in [9.17, 15) is 5.11 Å². The molecule has 0 saturated carbocycles. The Hall–Kier alpha value is -1.80. The number of ether oxygens (including phenoxy) is 1. The molecule has 1 atom stereocenters. The van der Waals surface area contributed by atoms with Gasteiger partial charge >= 0.3 is 0 Å². The Morgan fingerprint density at radius 3 is 2.43 bits per heavy atom. The van der Waals surface area contributed by atoms with Gasteiger partial charge in [-0.05, 0) is 60.9 Å². The molecule has 0 aliphatic heterocycles. The number of hydrogen-bond donors (Lipinski definition) is 1. The summed E-state index contributed by atoms with van der Waals surface area (Å²) in [6.45, 7) is 4.44. The van der Waals surface area contributed by atoms with Crippen molar-refractivity contribution in [2.24, 2.45) is 5.92 Å². The smallest absolute Gasteiger partial charge is 0.122 e. The van der Waals surface area contributed by atoms with Gasteiger partial charge in [0, 0.05) is 6.61 Å². The average molecular weight is 284 g/mol. The molecule has 21 heavy (non-hydrogen) atoms. The topological polar surface area (TPSA) is 29.5 Å².